The van der Waals surface area contributed by atoms with Crippen LogP contribution in [0.5, 0.6) is 0 Å². The number of morpholine rings is 1. The molecule has 130 valence electrons. The van der Waals surface area contributed by atoms with Gasteiger partial charge in [0.25, 0.3) is 0 Å². The molecule has 0 radical (unpaired) electrons. The lowest BCUT2D eigenvalue weighted by Crippen LogP contribution is -2.50. The predicted octanol–water partition coefficient (Wildman–Crippen LogP) is 2.85. The van der Waals surface area contributed by atoms with Crippen LogP contribution in [0.1, 0.15) is 44.2 Å². The summed E-state index contributed by atoms with van der Waals surface area (Å²) in [7, 11) is 0. The summed E-state index contributed by atoms with van der Waals surface area (Å²) in [5.41, 5.74) is 1.82. The zero-order chi connectivity index (χ0) is 17.2. The fourth-order valence-electron chi connectivity index (χ4n) is 4.21. The number of nitrogens with zero attached hydrogens (tertiary/aromatic N) is 2. The molecule has 2 fully saturated rings. The van der Waals surface area contributed by atoms with Gasteiger partial charge in [0.05, 0.1) is 30.8 Å². The number of benzene rings is 1. The molecule has 4 heteroatoms. The van der Waals surface area contributed by atoms with Crippen LogP contribution in [0.3, 0.4) is 0 Å². The maximum Gasteiger partial charge on any atom is 0.0769 e. The van der Waals surface area contributed by atoms with E-state index in [1.807, 2.05) is 26.0 Å². The summed E-state index contributed by atoms with van der Waals surface area (Å²) in [5, 5.41) is 19.8. The lowest BCUT2D eigenvalue weighted by molar-refractivity contribution is -0.0537. The summed E-state index contributed by atoms with van der Waals surface area (Å²) in [5.74, 6) is 0.307. The topological polar surface area (TPSA) is 56.5 Å². The third kappa shape index (κ3) is 3.49. The van der Waals surface area contributed by atoms with Gasteiger partial charge in [-0.2, -0.15) is 5.26 Å². The molecule has 3 atom stereocenters. The van der Waals surface area contributed by atoms with Crippen molar-refractivity contribution in [2.75, 3.05) is 19.8 Å². The van der Waals surface area contributed by atoms with E-state index in [2.05, 4.69) is 23.1 Å². The molecule has 1 saturated heterocycles. The number of nitriles is 1. The summed E-state index contributed by atoms with van der Waals surface area (Å²) in [6.07, 6.45) is 2.89. The van der Waals surface area contributed by atoms with Crippen molar-refractivity contribution < 1.29 is 9.84 Å². The number of aliphatic hydroxyl groups is 1. The van der Waals surface area contributed by atoms with E-state index < -0.39 is 5.41 Å². The van der Waals surface area contributed by atoms with Crippen molar-refractivity contribution in [3.05, 3.63) is 35.4 Å². The van der Waals surface area contributed by atoms with Crippen LogP contribution in [0.15, 0.2) is 24.3 Å². The minimum Gasteiger partial charge on any atom is -0.393 e. The SMILES string of the molecule is CC(C)(C#N)c1ccccc1CN1CCOC[C@@H]1[C@@H]1CCC[C@@H]1O. The average Bonchev–Trinajstić information content (AvgIpc) is 3.01. The molecule has 1 saturated carbocycles. The Balaban J connectivity index is 1.83. The number of ether oxygens (including phenoxy) is 1. The van der Waals surface area contributed by atoms with E-state index in [0.717, 1.165) is 44.5 Å². The van der Waals surface area contributed by atoms with E-state index in [4.69, 9.17) is 4.74 Å². The fourth-order valence-corrected chi connectivity index (χ4v) is 4.21. The minimum atomic E-state index is -0.495. The molecule has 1 aromatic rings. The lowest BCUT2D eigenvalue weighted by atomic mass is 9.82. The molecule has 24 heavy (non-hydrogen) atoms. The third-order valence-corrected chi connectivity index (χ3v) is 5.65. The molecule has 1 aliphatic carbocycles. The van der Waals surface area contributed by atoms with Gasteiger partial charge in [-0.25, -0.2) is 0 Å². The largest absolute Gasteiger partial charge is 0.393 e. The highest BCUT2D eigenvalue weighted by atomic mass is 16.5. The van der Waals surface area contributed by atoms with Gasteiger partial charge in [0, 0.05) is 25.0 Å². The molecule has 0 bridgehead atoms. The molecule has 3 rings (SSSR count). The molecule has 0 spiro atoms. The van der Waals surface area contributed by atoms with Crippen molar-refractivity contribution in [2.45, 2.75) is 57.2 Å². The van der Waals surface area contributed by atoms with E-state index >= 15 is 0 Å². The van der Waals surface area contributed by atoms with Gasteiger partial charge in [0.1, 0.15) is 0 Å². The Morgan fingerprint density at radius 1 is 1.33 bits per heavy atom. The number of aliphatic hydroxyl groups excluding tert-OH is 1. The maximum absolute atomic E-state index is 10.3. The fraction of sp³-hybridized carbons (Fsp3) is 0.650. The smallest absolute Gasteiger partial charge is 0.0769 e. The van der Waals surface area contributed by atoms with E-state index in [0.29, 0.717) is 12.5 Å². The van der Waals surface area contributed by atoms with Gasteiger partial charge >= 0.3 is 0 Å². The second-order valence-electron chi connectivity index (χ2n) is 7.67. The van der Waals surface area contributed by atoms with Crippen LogP contribution in [0, 0.1) is 17.2 Å². The lowest BCUT2D eigenvalue weighted by Gasteiger charge is -2.40. The summed E-state index contributed by atoms with van der Waals surface area (Å²) >= 11 is 0. The van der Waals surface area contributed by atoms with Crippen LogP contribution in [-0.4, -0.2) is 41.9 Å². The molecule has 0 aromatic heterocycles. The highest BCUT2D eigenvalue weighted by molar-refractivity contribution is 5.37. The number of rotatable bonds is 4. The van der Waals surface area contributed by atoms with E-state index in [-0.39, 0.29) is 12.1 Å². The first-order chi connectivity index (χ1) is 11.5. The molecule has 4 nitrogen and oxygen atoms in total. The van der Waals surface area contributed by atoms with Gasteiger partial charge in [0.15, 0.2) is 0 Å². The highest BCUT2D eigenvalue weighted by Crippen LogP contribution is 2.34. The standard InChI is InChI=1S/C20H28N2O2/c1-20(2,14-21)17-8-4-3-6-15(17)12-22-10-11-24-13-18(22)16-7-5-9-19(16)23/h3-4,6,8,16,18-19,23H,5,7,9-13H2,1-2H3/t16-,18+,19-/m0/s1. The van der Waals surface area contributed by atoms with Gasteiger partial charge in [-0.1, -0.05) is 30.7 Å². The van der Waals surface area contributed by atoms with Crippen molar-refractivity contribution in [3.8, 4) is 6.07 Å². The van der Waals surface area contributed by atoms with Crippen LogP contribution in [0.2, 0.25) is 0 Å². The maximum atomic E-state index is 10.3. The van der Waals surface area contributed by atoms with E-state index in [1.54, 1.807) is 0 Å². The van der Waals surface area contributed by atoms with Crippen LogP contribution in [0.25, 0.3) is 0 Å². The Labute approximate surface area is 145 Å². The second-order valence-corrected chi connectivity index (χ2v) is 7.67. The Morgan fingerprint density at radius 2 is 2.12 bits per heavy atom. The van der Waals surface area contributed by atoms with E-state index in [9.17, 15) is 10.4 Å². The number of hydrogen-bond donors (Lipinski definition) is 1. The Morgan fingerprint density at radius 3 is 2.83 bits per heavy atom. The first kappa shape index (κ1) is 17.4. The van der Waals surface area contributed by atoms with Crippen molar-refractivity contribution in [2.24, 2.45) is 5.92 Å². The normalized spacial score (nSPS) is 28.7. The van der Waals surface area contributed by atoms with Gasteiger partial charge < -0.3 is 9.84 Å². The average molecular weight is 328 g/mol. The minimum absolute atomic E-state index is 0.204. The van der Waals surface area contributed by atoms with Crippen LogP contribution < -0.4 is 0 Å². The van der Waals surface area contributed by atoms with Gasteiger partial charge in [0.2, 0.25) is 0 Å². The molecule has 2 aliphatic rings. The van der Waals surface area contributed by atoms with Crippen molar-refractivity contribution in [1.82, 2.24) is 4.90 Å². The van der Waals surface area contributed by atoms with Crippen molar-refractivity contribution >= 4 is 0 Å². The molecule has 1 N–H and O–H groups in total. The zero-order valence-electron chi connectivity index (χ0n) is 14.7. The molecular formula is C20H28N2O2. The van der Waals surface area contributed by atoms with Gasteiger partial charge in [-0.05, 0) is 37.8 Å². The summed E-state index contributed by atoms with van der Waals surface area (Å²) in [4.78, 5) is 2.45. The van der Waals surface area contributed by atoms with Crippen LogP contribution in [-0.2, 0) is 16.7 Å². The van der Waals surface area contributed by atoms with E-state index in [1.165, 1.54) is 5.56 Å². The molecule has 1 heterocycles. The highest BCUT2D eigenvalue weighted by Gasteiger charge is 2.38. The van der Waals surface area contributed by atoms with Crippen LogP contribution >= 0.6 is 0 Å². The molecular weight excluding hydrogens is 300 g/mol. The first-order valence-corrected chi connectivity index (χ1v) is 9.02. The predicted molar refractivity (Wildman–Crippen MR) is 93.4 cm³/mol. The summed E-state index contributed by atoms with van der Waals surface area (Å²) in [6.45, 7) is 7.09. The molecule has 1 aliphatic heterocycles. The molecule has 0 amide bonds. The molecule has 0 unspecified atom stereocenters. The Bertz CT molecular complexity index is 608. The van der Waals surface area contributed by atoms with Crippen molar-refractivity contribution in [1.29, 1.82) is 5.26 Å². The second kappa shape index (κ2) is 7.23. The van der Waals surface area contributed by atoms with Crippen molar-refractivity contribution in [3.63, 3.8) is 0 Å². The number of hydrogen-bond acceptors (Lipinski definition) is 4. The Kier molecular flexibility index (Phi) is 5.24. The van der Waals surface area contributed by atoms with Gasteiger partial charge in [-0.15, -0.1) is 0 Å². The van der Waals surface area contributed by atoms with Gasteiger partial charge in [-0.3, -0.25) is 4.90 Å². The Hall–Kier alpha value is -1.41. The molecule has 1 aromatic carbocycles. The quantitative estimate of drug-likeness (QED) is 0.923. The first-order valence-electron chi connectivity index (χ1n) is 9.02. The zero-order valence-corrected chi connectivity index (χ0v) is 14.7. The summed E-state index contributed by atoms with van der Waals surface area (Å²) in [6, 6.07) is 11.0. The summed E-state index contributed by atoms with van der Waals surface area (Å²) < 4.78 is 5.72. The third-order valence-electron chi connectivity index (χ3n) is 5.65. The van der Waals surface area contributed by atoms with Crippen LogP contribution in [0.4, 0.5) is 0 Å². The monoisotopic (exact) mass is 328 g/mol.